The molecular weight excluding hydrogens is 280 g/mol. The van der Waals surface area contributed by atoms with Gasteiger partial charge in [-0.1, -0.05) is 30.3 Å². The van der Waals surface area contributed by atoms with Gasteiger partial charge in [0.15, 0.2) is 0 Å². The van der Waals surface area contributed by atoms with Crippen molar-refractivity contribution in [2.45, 2.75) is 12.5 Å². The van der Waals surface area contributed by atoms with Crippen LogP contribution in [-0.2, 0) is 25.0 Å². The van der Waals surface area contributed by atoms with Gasteiger partial charge in [0.2, 0.25) is 9.05 Å². The predicted molar refractivity (Wildman–Crippen MR) is 67.2 cm³/mol. The number of carboxylic acids is 1. The van der Waals surface area contributed by atoms with E-state index < -0.39 is 33.5 Å². The minimum absolute atomic E-state index is 0.292. The Bertz CT molecular complexity index is 485. The standard InChI is InChI=1S/C11H13ClO5S/c12-18(15,16)8-10(17-7-11(13)14)6-9-4-2-1-3-5-9/h1-5,10H,6-8H2,(H,13,14). The van der Waals surface area contributed by atoms with E-state index in [1.165, 1.54) is 0 Å². The lowest BCUT2D eigenvalue weighted by Gasteiger charge is -2.15. The van der Waals surface area contributed by atoms with Gasteiger partial charge < -0.3 is 9.84 Å². The van der Waals surface area contributed by atoms with Gasteiger partial charge in [0.25, 0.3) is 0 Å². The van der Waals surface area contributed by atoms with E-state index in [0.29, 0.717) is 6.42 Å². The van der Waals surface area contributed by atoms with E-state index in [1.54, 1.807) is 24.3 Å². The maximum absolute atomic E-state index is 11.0. The first-order valence-corrected chi connectivity index (χ1v) is 7.64. The van der Waals surface area contributed by atoms with Gasteiger partial charge in [-0.2, -0.15) is 0 Å². The Morgan fingerprint density at radius 1 is 1.33 bits per heavy atom. The quantitative estimate of drug-likeness (QED) is 0.765. The van der Waals surface area contributed by atoms with Crippen molar-refractivity contribution in [3.8, 4) is 0 Å². The average Bonchev–Trinajstić information content (AvgIpc) is 2.25. The van der Waals surface area contributed by atoms with E-state index >= 15 is 0 Å². The smallest absolute Gasteiger partial charge is 0.329 e. The van der Waals surface area contributed by atoms with Gasteiger partial charge in [-0.05, 0) is 12.0 Å². The molecule has 0 aromatic heterocycles. The van der Waals surface area contributed by atoms with Gasteiger partial charge in [0.05, 0.1) is 11.9 Å². The highest BCUT2D eigenvalue weighted by Crippen LogP contribution is 2.10. The molecule has 0 aliphatic carbocycles. The van der Waals surface area contributed by atoms with E-state index in [0.717, 1.165) is 5.56 Å². The van der Waals surface area contributed by atoms with Crippen LogP contribution in [0.15, 0.2) is 30.3 Å². The zero-order chi connectivity index (χ0) is 13.6. The third-order valence-corrected chi connectivity index (χ3v) is 3.28. The van der Waals surface area contributed by atoms with Crippen LogP contribution < -0.4 is 0 Å². The van der Waals surface area contributed by atoms with Crippen LogP contribution in [0.4, 0.5) is 0 Å². The highest BCUT2D eigenvalue weighted by molar-refractivity contribution is 8.13. The van der Waals surface area contributed by atoms with Gasteiger partial charge in [-0.3, -0.25) is 0 Å². The van der Waals surface area contributed by atoms with Crippen LogP contribution in [-0.4, -0.2) is 38.0 Å². The SMILES string of the molecule is O=C(O)COC(Cc1ccccc1)CS(=O)(=O)Cl. The summed E-state index contributed by atoms with van der Waals surface area (Å²) >= 11 is 0. The summed E-state index contributed by atoms with van der Waals surface area (Å²) < 4.78 is 27.0. The molecule has 18 heavy (non-hydrogen) atoms. The molecular formula is C11H13ClO5S. The number of hydrogen-bond donors (Lipinski definition) is 1. The molecule has 0 bridgehead atoms. The van der Waals surface area contributed by atoms with Crippen LogP contribution in [0.2, 0.25) is 0 Å². The van der Waals surface area contributed by atoms with E-state index in [1.807, 2.05) is 6.07 Å². The maximum atomic E-state index is 11.0. The van der Waals surface area contributed by atoms with Gasteiger partial charge in [-0.25, -0.2) is 13.2 Å². The van der Waals surface area contributed by atoms with Crippen molar-refractivity contribution in [1.82, 2.24) is 0 Å². The number of halogens is 1. The molecule has 0 fully saturated rings. The van der Waals surface area contributed by atoms with Crippen LogP contribution in [0.5, 0.6) is 0 Å². The van der Waals surface area contributed by atoms with Crippen LogP contribution >= 0.6 is 10.7 Å². The second-order valence-corrected chi connectivity index (χ2v) is 6.54. The van der Waals surface area contributed by atoms with E-state index in [9.17, 15) is 13.2 Å². The van der Waals surface area contributed by atoms with Gasteiger partial charge in [0.1, 0.15) is 6.61 Å². The number of carboxylic acid groups (broad SMARTS) is 1. The maximum Gasteiger partial charge on any atom is 0.329 e. The molecule has 0 saturated heterocycles. The highest BCUT2D eigenvalue weighted by atomic mass is 35.7. The molecule has 0 spiro atoms. The number of aliphatic carboxylic acids is 1. The van der Waals surface area contributed by atoms with Crippen molar-refractivity contribution >= 4 is 25.7 Å². The second kappa shape index (κ2) is 6.72. The summed E-state index contributed by atoms with van der Waals surface area (Å²) in [6.45, 7) is -0.552. The summed E-state index contributed by atoms with van der Waals surface area (Å²) in [7, 11) is 1.42. The zero-order valence-electron chi connectivity index (χ0n) is 9.45. The molecule has 0 radical (unpaired) electrons. The number of benzene rings is 1. The summed E-state index contributed by atoms with van der Waals surface area (Å²) in [5.41, 5.74) is 0.855. The molecule has 0 aliphatic rings. The van der Waals surface area contributed by atoms with Crippen molar-refractivity contribution < 1.29 is 23.1 Å². The van der Waals surface area contributed by atoms with Crippen molar-refractivity contribution in [2.75, 3.05) is 12.4 Å². The Labute approximate surface area is 110 Å². The Morgan fingerprint density at radius 2 is 1.94 bits per heavy atom. The summed E-state index contributed by atoms with van der Waals surface area (Å²) in [4.78, 5) is 10.4. The van der Waals surface area contributed by atoms with Crippen LogP contribution in [0.25, 0.3) is 0 Å². The largest absolute Gasteiger partial charge is 0.480 e. The molecule has 0 amide bonds. The van der Waals surface area contributed by atoms with Crippen molar-refractivity contribution in [3.05, 3.63) is 35.9 Å². The Kier molecular flexibility index (Phi) is 5.58. The first-order chi connectivity index (χ1) is 8.37. The Hall–Kier alpha value is -1.11. The van der Waals surface area contributed by atoms with Crippen LogP contribution in [0, 0.1) is 0 Å². The lowest BCUT2D eigenvalue weighted by molar-refractivity contribution is -0.143. The lowest BCUT2D eigenvalue weighted by atomic mass is 10.1. The fourth-order valence-corrected chi connectivity index (χ4v) is 2.53. The zero-order valence-corrected chi connectivity index (χ0v) is 11.0. The predicted octanol–water partition coefficient (Wildman–Crippen LogP) is 1.27. The molecule has 1 aromatic carbocycles. The van der Waals surface area contributed by atoms with Crippen LogP contribution in [0.3, 0.4) is 0 Å². The first kappa shape index (κ1) is 14.9. The molecule has 1 rings (SSSR count). The normalized spacial score (nSPS) is 13.2. The summed E-state index contributed by atoms with van der Waals surface area (Å²) in [5.74, 6) is -1.57. The number of hydrogen-bond acceptors (Lipinski definition) is 4. The second-order valence-electron chi connectivity index (χ2n) is 3.72. The van der Waals surface area contributed by atoms with E-state index in [4.69, 9.17) is 20.5 Å². The fourth-order valence-electron chi connectivity index (χ4n) is 1.45. The monoisotopic (exact) mass is 292 g/mol. The lowest BCUT2D eigenvalue weighted by Crippen LogP contribution is -2.26. The first-order valence-electron chi connectivity index (χ1n) is 5.16. The number of rotatable bonds is 7. The third kappa shape index (κ3) is 6.58. The van der Waals surface area contributed by atoms with Gasteiger partial charge >= 0.3 is 5.97 Å². The molecule has 1 aromatic rings. The molecule has 1 atom stereocenters. The summed E-state index contributed by atoms with van der Waals surface area (Å²) in [6, 6.07) is 9.04. The van der Waals surface area contributed by atoms with Crippen LogP contribution in [0.1, 0.15) is 5.56 Å². The number of carbonyl (C=O) groups is 1. The summed E-state index contributed by atoms with van der Waals surface area (Å²) in [5, 5.41) is 8.52. The number of ether oxygens (including phenoxy) is 1. The molecule has 1 unspecified atom stereocenters. The minimum Gasteiger partial charge on any atom is -0.480 e. The van der Waals surface area contributed by atoms with Gasteiger partial charge in [0, 0.05) is 10.7 Å². The molecule has 5 nitrogen and oxygen atoms in total. The highest BCUT2D eigenvalue weighted by Gasteiger charge is 2.19. The van der Waals surface area contributed by atoms with Crippen molar-refractivity contribution in [1.29, 1.82) is 0 Å². The van der Waals surface area contributed by atoms with E-state index in [-0.39, 0.29) is 0 Å². The fraction of sp³-hybridized carbons (Fsp3) is 0.364. The van der Waals surface area contributed by atoms with Gasteiger partial charge in [-0.15, -0.1) is 0 Å². The molecule has 7 heteroatoms. The average molecular weight is 293 g/mol. The Morgan fingerprint density at radius 3 is 2.44 bits per heavy atom. The summed E-state index contributed by atoms with van der Waals surface area (Å²) in [6.07, 6.45) is -0.480. The van der Waals surface area contributed by atoms with Crippen molar-refractivity contribution in [2.24, 2.45) is 0 Å². The third-order valence-electron chi connectivity index (χ3n) is 2.13. The minimum atomic E-state index is -3.74. The Balaban J connectivity index is 2.68. The molecule has 0 saturated carbocycles. The van der Waals surface area contributed by atoms with E-state index in [2.05, 4.69) is 0 Å². The molecule has 0 aliphatic heterocycles. The molecule has 1 N–H and O–H groups in total. The molecule has 0 heterocycles. The van der Waals surface area contributed by atoms with Crippen molar-refractivity contribution in [3.63, 3.8) is 0 Å². The topological polar surface area (TPSA) is 80.7 Å². The molecule has 100 valence electrons.